The number of hydrogen-bond acceptors (Lipinski definition) is 2. The lowest BCUT2D eigenvalue weighted by molar-refractivity contribution is 0.265. The first-order valence-corrected chi connectivity index (χ1v) is 9.33. The Kier molecular flexibility index (Phi) is 4.67. The molecule has 2 saturated carbocycles. The van der Waals surface area contributed by atoms with E-state index in [0.29, 0.717) is 23.4 Å². The van der Waals surface area contributed by atoms with Crippen LogP contribution in [0.4, 0.5) is 0 Å². The molecule has 4 nitrogen and oxygen atoms in total. The second kappa shape index (κ2) is 6.38. The first kappa shape index (κ1) is 16.1. The normalized spacial score (nSPS) is 31.6. The number of guanidine groups is 1. The Balaban J connectivity index is 1.57. The van der Waals surface area contributed by atoms with Crippen LogP contribution in [0.5, 0.6) is 0 Å². The number of nitrogens with one attached hydrogen (secondary N) is 2. The number of aliphatic imine (C=N–C) groups is 1. The highest BCUT2D eigenvalue weighted by Gasteiger charge is 2.53. The third-order valence-electron chi connectivity index (χ3n) is 5.92. The van der Waals surface area contributed by atoms with E-state index in [1.807, 2.05) is 0 Å². The zero-order valence-corrected chi connectivity index (χ0v) is 14.9. The lowest BCUT2D eigenvalue weighted by Crippen LogP contribution is -2.47. The van der Waals surface area contributed by atoms with Crippen molar-refractivity contribution in [3.05, 3.63) is 0 Å². The van der Waals surface area contributed by atoms with Crippen LogP contribution in [-0.4, -0.2) is 49.1 Å². The lowest BCUT2D eigenvalue weighted by atomic mass is 10.0. The van der Waals surface area contributed by atoms with E-state index >= 15 is 0 Å². The minimum absolute atomic E-state index is 0.524. The number of likely N-dealkylation sites (tertiary alicyclic amines) is 1. The summed E-state index contributed by atoms with van der Waals surface area (Å²) in [7, 11) is 0. The fraction of sp³-hybridized carbons (Fsp3) is 0.944. The number of rotatable bonds is 6. The maximum atomic E-state index is 4.95. The van der Waals surface area contributed by atoms with Crippen molar-refractivity contribution in [3.63, 3.8) is 0 Å². The van der Waals surface area contributed by atoms with E-state index in [4.69, 9.17) is 4.99 Å². The van der Waals surface area contributed by atoms with Gasteiger partial charge < -0.3 is 10.6 Å². The largest absolute Gasteiger partial charge is 0.357 e. The van der Waals surface area contributed by atoms with Gasteiger partial charge >= 0.3 is 0 Å². The molecule has 2 N–H and O–H groups in total. The molecule has 0 spiro atoms. The average molecular weight is 306 g/mol. The van der Waals surface area contributed by atoms with E-state index in [9.17, 15) is 0 Å². The Labute approximate surface area is 136 Å². The van der Waals surface area contributed by atoms with Crippen LogP contribution in [0.2, 0.25) is 0 Å². The topological polar surface area (TPSA) is 39.7 Å². The highest BCUT2D eigenvalue weighted by atomic mass is 15.3. The summed E-state index contributed by atoms with van der Waals surface area (Å²) in [4.78, 5) is 7.52. The third kappa shape index (κ3) is 3.58. The van der Waals surface area contributed by atoms with Crippen LogP contribution < -0.4 is 10.6 Å². The average Bonchev–Trinajstić information content (AvgIpc) is 3.35. The molecule has 3 aliphatic rings. The van der Waals surface area contributed by atoms with Crippen molar-refractivity contribution in [3.8, 4) is 0 Å². The number of nitrogens with zero attached hydrogens (tertiary/aromatic N) is 2. The van der Waals surface area contributed by atoms with Crippen molar-refractivity contribution >= 4 is 5.96 Å². The molecular weight excluding hydrogens is 272 g/mol. The maximum absolute atomic E-state index is 4.95. The molecule has 1 heterocycles. The Morgan fingerprint density at radius 2 is 2.00 bits per heavy atom. The molecule has 0 aromatic rings. The van der Waals surface area contributed by atoms with Gasteiger partial charge in [0.15, 0.2) is 5.96 Å². The Morgan fingerprint density at radius 3 is 2.50 bits per heavy atom. The smallest absolute Gasteiger partial charge is 0.191 e. The molecule has 2 aliphatic carbocycles. The van der Waals surface area contributed by atoms with Gasteiger partial charge in [-0.25, -0.2) is 0 Å². The van der Waals surface area contributed by atoms with Gasteiger partial charge in [0.1, 0.15) is 0 Å². The Bertz CT molecular complexity index is 409. The fourth-order valence-electron chi connectivity index (χ4n) is 3.90. The molecule has 0 aromatic carbocycles. The molecule has 3 fully saturated rings. The predicted molar refractivity (Wildman–Crippen MR) is 93.2 cm³/mol. The van der Waals surface area contributed by atoms with Gasteiger partial charge in [0.25, 0.3) is 0 Å². The van der Waals surface area contributed by atoms with Crippen LogP contribution in [0.15, 0.2) is 4.99 Å². The molecule has 2 atom stereocenters. The van der Waals surface area contributed by atoms with E-state index in [1.54, 1.807) is 0 Å². The molecular formula is C18H34N4. The summed E-state index contributed by atoms with van der Waals surface area (Å²) < 4.78 is 0. The predicted octanol–water partition coefficient (Wildman–Crippen LogP) is 2.46. The summed E-state index contributed by atoms with van der Waals surface area (Å²) in [6.07, 6.45) is 5.70. The van der Waals surface area contributed by atoms with Gasteiger partial charge in [-0.1, -0.05) is 6.92 Å². The van der Waals surface area contributed by atoms with Crippen molar-refractivity contribution in [2.75, 3.05) is 26.2 Å². The second-order valence-corrected chi connectivity index (χ2v) is 8.11. The molecule has 4 heteroatoms. The molecule has 0 aromatic heterocycles. The zero-order valence-electron chi connectivity index (χ0n) is 14.9. The van der Waals surface area contributed by atoms with Crippen LogP contribution in [0.1, 0.15) is 53.4 Å². The van der Waals surface area contributed by atoms with Crippen LogP contribution in [0.3, 0.4) is 0 Å². The zero-order chi connectivity index (χ0) is 15.7. The van der Waals surface area contributed by atoms with E-state index in [2.05, 4.69) is 43.2 Å². The summed E-state index contributed by atoms with van der Waals surface area (Å²) in [5.74, 6) is 2.71. The van der Waals surface area contributed by atoms with Crippen LogP contribution >= 0.6 is 0 Å². The van der Waals surface area contributed by atoms with Crippen LogP contribution in [0, 0.1) is 17.3 Å². The third-order valence-corrected chi connectivity index (χ3v) is 5.92. The first-order chi connectivity index (χ1) is 10.5. The molecule has 3 rings (SSSR count). The molecule has 126 valence electrons. The molecule has 0 bridgehead atoms. The fourth-order valence-corrected chi connectivity index (χ4v) is 3.90. The summed E-state index contributed by atoms with van der Waals surface area (Å²) in [5, 5.41) is 7.16. The van der Waals surface area contributed by atoms with Crippen molar-refractivity contribution in [1.29, 1.82) is 0 Å². The molecule has 1 aliphatic heterocycles. The Morgan fingerprint density at radius 1 is 1.27 bits per heavy atom. The quantitative estimate of drug-likeness (QED) is 0.585. The number of hydrogen-bond donors (Lipinski definition) is 2. The van der Waals surface area contributed by atoms with Gasteiger partial charge in [0.05, 0.1) is 0 Å². The van der Waals surface area contributed by atoms with Crippen LogP contribution in [-0.2, 0) is 0 Å². The molecule has 1 saturated heterocycles. The molecule has 0 radical (unpaired) electrons. The van der Waals surface area contributed by atoms with E-state index < -0.39 is 0 Å². The van der Waals surface area contributed by atoms with Crippen molar-refractivity contribution in [2.45, 2.75) is 65.5 Å². The standard InChI is InChI=1S/C18H34N4/c1-5-19-17(20-12-18(8-9-18)15-6-7-15)21-16-11-22(13(2)3)10-14(16)4/h13-16H,5-12H2,1-4H3,(H2,19,20,21). The van der Waals surface area contributed by atoms with Crippen molar-refractivity contribution in [2.24, 2.45) is 22.2 Å². The maximum Gasteiger partial charge on any atom is 0.191 e. The summed E-state index contributed by atoms with van der Waals surface area (Å²) in [5.41, 5.74) is 0.591. The Hall–Kier alpha value is -0.770. The van der Waals surface area contributed by atoms with Gasteiger partial charge in [0, 0.05) is 38.3 Å². The van der Waals surface area contributed by atoms with Gasteiger partial charge in [-0.2, -0.15) is 0 Å². The minimum atomic E-state index is 0.524. The first-order valence-electron chi connectivity index (χ1n) is 9.33. The molecule has 2 unspecified atom stereocenters. The highest BCUT2D eigenvalue weighted by Crippen LogP contribution is 2.61. The SMILES string of the molecule is CCNC(=NCC1(C2CC2)CC1)NC1CN(C(C)C)CC1C. The van der Waals surface area contributed by atoms with Gasteiger partial charge in [-0.3, -0.25) is 9.89 Å². The monoisotopic (exact) mass is 306 g/mol. The van der Waals surface area contributed by atoms with Crippen LogP contribution in [0.25, 0.3) is 0 Å². The summed E-state index contributed by atoms with van der Waals surface area (Å²) >= 11 is 0. The second-order valence-electron chi connectivity index (χ2n) is 8.11. The summed E-state index contributed by atoms with van der Waals surface area (Å²) in [6, 6.07) is 1.16. The van der Waals surface area contributed by atoms with Crippen molar-refractivity contribution < 1.29 is 0 Å². The summed E-state index contributed by atoms with van der Waals surface area (Å²) in [6.45, 7) is 13.4. The highest BCUT2D eigenvalue weighted by molar-refractivity contribution is 5.80. The lowest BCUT2D eigenvalue weighted by Gasteiger charge is -2.22. The van der Waals surface area contributed by atoms with E-state index in [1.165, 1.54) is 32.2 Å². The molecule has 0 amide bonds. The molecule has 22 heavy (non-hydrogen) atoms. The van der Waals surface area contributed by atoms with Gasteiger partial charge in [0.2, 0.25) is 0 Å². The minimum Gasteiger partial charge on any atom is -0.357 e. The van der Waals surface area contributed by atoms with Crippen molar-refractivity contribution in [1.82, 2.24) is 15.5 Å². The van der Waals surface area contributed by atoms with Gasteiger partial charge in [-0.05, 0) is 63.7 Å². The van der Waals surface area contributed by atoms with Gasteiger partial charge in [-0.15, -0.1) is 0 Å². The van der Waals surface area contributed by atoms with E-state index in [0.717, 1.165) is 31.5 Å². The van der Waals surface area contributed by atoms with E-state index in [-0.39, 0.29) is 0 Å².